The van der Waals surface area contributed by atoms with E-state index in [-0.39, 0.29) is 0 Å². The SMILES string of the molecule is C[Si](C)(O)CCCCCCCC[Si](C)(C)O. The predicted octanol–water partition coefficient (Wildman–Crippen LogP) is 3.72. The summed E-state index contributed by atoms with van der Waals surface area (Å²) in [5.41, 5.74) is 0. The molecule has 16 heavy (non-hydrogen) atoms. The highest BCUT2D eigenvalue weighted by Crippen LogP contribution is 2.16. The van der Waals surface area contributed by atoms with Gasteiger partial charge in [-0.2, -0.15) is 0 Å². The molecule has 0 unspecified atom stereocenters. The molecular formula is C12H30O2Si2. The van der Waals surface area contributed by atoms with Gasteiger partial charge in [0.25, 0.3) is 0 Å². The molecule has 0 aromatic rings. The predicted molar refractivity (Wildman–Crippen MR) is 76.7 cm³/mol. The third kappa shape index (κ3) is 14.4. The van der Waals surface area contributed by atoms with Crippen LogP contribution in [-0.2, 0) is 0 Å². The fraction of sp³-hybridized carbons (Fsp3) is 1.00. The molecule has 2 N–H and O–H groups in total. The van der Waals surface area contributed by atoms with E-state index in [1.165, 1.54) is 38.5 Å². The summed E-state index contributed by atoms with van der Waals surface area (Å²) >= 11 is 0. The van der Waals surface area contributed by atoms with Crippen LogP contribution in [0.4, 0.5) is 0 Å². The molecule has 98 valence electrons. The molecule has 0 aliphatic heterocycles. The van der Waals surface area contributed by atoms with Crippen LogP contribution in [0.25, 0.3) is 0 Å². The van der Waals surface area contributed by atoms with Crippen molar-refractivity contribution in [3.05, 3.63) is 0 Å². The highest BCUT2D eigenvalue weighted by molar-refractivity contribution is 6.70. The van der Waals surface area contributed by atoms with E-state index in [0.29, 0.717) is 0 Å². The van der Waals surface area contributed by atoms with Gasteiger partial charge in [-0.15, -0.1) is 0 Å². The molecule has 0 aliphatic carbocycles. The van der Waals surface area contributed by atoms with Crippen molar-refractivity contribution in [2.45, 2.75) is 76.8 Å². The summed E-state index contributed by atoms with van der Waals surface area (Å²) < 4.78 is 0. The Hall–Kier alpha value is 0.354. The van der Waals surface area contributed by atoms with Crippen molar-refractivity contribution in [1.29, 1.82) is 0 Å². The van der Waals surface area contributed by atoms with Gasteiger partial charge in [0.2, 0.25) is 0 Å². The van der Waals surface area contributed by atoms with Crippen molar-refractivity contribution < 1.29 is 9.59 Å². The van der Waals surface area contributed by atoms with Gasteiger partial charge >= 0.3 is 0 Å². The van der Waals surface area contributed by atoms with Crippen LogP contribution in [0.1, 0.15) is 38.5 Å². The van der Waals surface area contributed by atoms with Crippen LogP contribution >= 0.6 is 0 Å². The summed E-state index contributed by atoms with van der Waals surface area (Å²) in [6.45, 7) is 8.06. The second kappa shape index (κ2) is 7.64. The maximum absolute atomic E-state index is 9.66. The lowest BCUT2D eigenvalue weighted by molar-refractivity contribution is 0.528. The molecule has 0 saturated heterocycles. The highest BCUT2D eigenvalue weighted by atomic mass is 28.4. The zero-order chi connectivity index (χ0) is 12.7. The second-order valence-corrected chi connectivity index (χ2v) is 14.5. The summed E-state index contributed by atoms with van der Waals surface area (Å²) in [7, 11) is -3.57. The van der Waals surface area contributed by atoms with E-state index in [9.17, 15) is 9.59 Å². The number of rotatable bonds is 9. The van der Waals surface area contributed by atoms with E-state index in [1.807, 2.05) is 26.2 Å². The lowest BCUT2D eigenvalue weighted by atomic mass is 10.1. The lowest BCUT2D eigenvalue weighted by Gasteiger charge is -2.14. The number of hydrogen-bond acceptors (Lipinski definition) is 2. The molecule has 0 amide bonds. The molecule has 0 rings (SSSR count). The average Bonchev–Trinajstić information content (AvgIpc) is 2.06. The molecule has 0 heterocycles. The molecule has 0 saturated carbocycles. The first-order chi connectivity index (χ1) is 7.21. The molecule has 0 atom stereocenters. The van der Waals surface area contributed by atoms with Gasteiger partial charge in [-0.05, 0) is 38.3 Å². The van der Waals surface area contributed by atoms with Gasteiger partial charge in [0.15, 0.2) is 16.6 Å². The Morgan fingerprint density at radius 2 is 0.812 bits per heavy atom. The maximum Gasteiger partial charge on any atom is 0.182 e. The fourth-order valence-corrected chi connectivity index (χ4v) is 4.05. The first kappa shape index (κ1) is 16.4. The normalized spacial score (nSPS) is 13.1. The van der Waals surface area contributed by atoms with Crippen LogP contribution in [0.5, 0.6) is 0 Å². The summed E-state index contributed by atoms with van der Waals surface area (Å²) in [6, 6.07) is 2.09. The van der Waals surface area contributed by atoms with Gasteiger partial charge in [0.05, 0.1) is 0 Å². The Morgan fingerprint density at radius 1 is 0.562 bits per heavy atom. The second-order valence-electron chi connectivity index (χ2n) is 6.25. The summed E-state index contributed by atoms with van der Waals surface area (Å²) in [4.78, 5) is 19.3. The third-order valence-electron chi connectivity index (χ3n) is 2.83. The van der Waals surface area contributed by atoms with Gasteiger partial charge in [-0.3, -0.25) is 0 Å². The summed E-state index contributed by atoms with van der Waals surface area (Å²) in [5, 5.41) is 0. The Labute approximate surface area is 103 Å². The van der Waals surface area contributed by atoms with Crippen LogP contribution in [0.15, 0.2) is 0 Å². The molecule has 0 fully saturated rings. The van der Waals surface area contributed by atoms with E-state index < -0.39 is 16.6 Å². The Kier molecular flexibility index (Phi) is 7.80. The molecule has 0 radical (unpaired) electrons. The minimum absolute atomic E-state index is 1.05. The molecule has 4 heteroatoms. The van der Waals surface area contributed by atoms with Crippen molar-refractivity contribution >= 4 is 16.6 Å². The van der Waals surface area contributed by atoms with Gasteiger partial charge in [-0.25, -0.2) is 0 Å². The average molecular weight is 263 g/mol. The molecule has 0 aliphatic rings. The van der Waals surface area contributed by atoms with Crippen molar-refractivity contribution in [3.8, 4) is 0 Å². The van der Waals surface area contributed by atoms with E-state index in [4.69, 9.17) is 0 Å². The quantitative estimate of drug-likeness (QED) is 0.491. The Balaban J connectivity index is 3.17. The lowest BCUT2D eigenvalue weighted by Crippen LogP contribution is -2.24. The molecular weight excluding hydrogens is 232 g/mol. The molecule has 2 nitrogen and oxygen atoms in total. The van der Waals surface area contributed by atoms with E-state index in [1.54, 1.807) is 0 Å². The van der Waals surface area contributed by atoms with Gasteiger partial charge in [0, 0.05) is 0 Å². The smallest absolute Gasteiger partial charge is 0.182 e. The molecule has 0 bridgehead atoms. The standard InChI is InChI=1S/C12H30O2Si2/c1-15(2,13)11-9-7-5-6-8-10-12-16(3,4)14/h13-14H,5-12H2,1-4H3. The Morgan fingerprint density at radius 3 is 1.06 bits per heavy atom. The first-order valence-electron chi connectivity index (χ1n) is 6.65. The monoisotopic (exact) mass is 262 g/mol. The van der Waals surface area contributed by atoms with E-state index in [2.05, 4.69) is 0 Å². The van der Waals surface area contributed by atoms with Gasteiger partial charge < -0.3 is 9.59 Å². The van der Waals surface area contributed by atoms with Crippen molar-refractivity contribution in [2.75, 3.05) is 0 Å². The van der Waals surface area contributed by atoms with Crippen molar-refractivity contribution in [1.82, 2.24) is 0 Å². The fourth-order valence-electron chi connectivity index (χ4n) is 1.82. The van der Waals surface area contributed by atoms with E-state index in [0.717, 1.165) is 12.1 Å². The third-order valence-corrected chi connectivity index (χ3v) is 5.98. The van der Waals surface area contributed by atoms with Crippen molar-refractivity contribution in [2.24, 2.45) is 0 Å². The molecule has 0 spiro atoms. The molecule has 0 aromatic carbocycles. The zero-order valence-corrected chi connectivity index (χ0v) is 13.6. The minimum atomic E-state index is -1.78. The van der Waals surface area contributed by atoms with Crippen molar-refractivity contribution in [3.63, 3.8) is 0 Å². The van der Waals surface area contributed by atoms with E-state index >= 15 is 0 Å². The highest BCUT2D eigenvalue weighted by Gasteiger charge is 2.16. The zero-order valence-electron chi connectivity index (χ0n) is 11.6. The number of unbranched alkanes of at least 4 members (excludes halogenated alkanes) is 5. The van der Waals surface area contributed by atoms with Gasteiger partial charge in [-0.1, -0.05) is 38.5 Å². The van der Waals surface area contributed by atoms with Crippen LogP contribution in [0, 0.1) is 0 Å². The van der Waals surface area contributed by atoms with Crippen LogP contribution in [0.3, 0.4) is 0 Å². The summed E-state index contributed by atoms with van der Waals surface area (Å²) in [5.74, 6) is 0. The topological polar surface area (TPSA) is 40.5 Å². The minimum Gasteiger partial charge on any atom is -0.432 e. The summed E-state index contributed by atoms with van der Waals surface area (Å²) in [6.07, 6.45) is 7.48. The van der Waals surface area contributed by atoms with Gasteiger partial charge in [0.1, 0.15) is 0 Å². The largest absolute Gasteiger partial charge is 0.432 e. The van der Waals surface area contributed by atoms with Crippen LogP contribution < -0.4 is 0 Å². The molecule has 0 aromatic heterocycles. The number of hydrogen-bond donors (Lipinski definition) is 2. The maximum atomic E-state index is 9.66. The Bertz CT molecular complexity index is 151. The first-order valence-corrected chi connectivity index (χ1v) is 13.0. The van der Waals surface area contributed by atoms with Crippen LogP contribution in [0.2, 0.25) is 38.3 Å². The van der Waals surface area contributed by atoms with Crippen LogP contribution in [-0.4, -0.2) is 26.2 Å².